The first kappa shape index (κ1) is 17.3. The van der Waals surface area contributed by atoms with Crippen LogP contribution in [0.2, 0.25) is 0 Å². The minimum atomic E-state index is -0.224. The van der Waals surface area contributed by atoms with Gasteiger partial charge in [0.1, 0.15) is 6.54 Å². The van der Waals surface area contributed by atoms with Crippen molar-refractivity contribution in [1.82, 2.24) is 0 Å². The van der Waals surface area contributed by atoms with Crippen LogP contribution in [-0.4, -0.2) is 30.8 Å². The zero-order valence-corrected chi connectivity index (χ0v) is 15.0. The molecular formula is C21H21N3O3. The maximum atomic E-state index is 12.7. The van der Waals surface area contributed by atoms with E-state index in [4.69, 9.17) is 0 Å². The van der Waals surface area contributed by atoms with Crippen molar-refractivity contribution in [3.05, 3.63) is 54.1 Å². The van der Waals surface area contributed by atoms with Crippen molar-refractivity contribution in [3.63, 3.8) is 0 Å². The zero-order valence-electron chi connectivity index (χ0n) is 15.0. The molecule has 2 aromatic rings. The van der Waals surface area contributed by atoms with Gasteiger partial charge in [0, 0.05) is 25.1 Å². The first-order chi connectivity index (χ1) is 13.1. The summed E-state index contributed by atoms with van der Waals surface area (Å²) in [7, 11) is 0. The van der Waals surface area contributed by atoms with Crippen LogP contribution in [0.25, 0.3) is 0 Å². The molecule has 0 aromatic heterocycles. The SMILES string of the molecule is O=C1CN(C(=O)CCC(=O)N2CCCc3ccccc32)c2ccccc2N1. The molecule has 3 amide bonds. The average molecular weight is 363 g/mol. The molecule has 0 spiro atoms. The van der Waals surface area contributed by atoms with Crippen molar-refractivity contribution in [2.24, 2.45) is 0 Å². The number of carbonyl (C=O) groups is 3. The number of aryl methyl sites for hydroxylation is 1. The predicted molar refractivity (Wildman–Crippen MR) is 104 cm³/mol. The molecule has 138 valence electrons. The Morgan fingerprint density at radius 1 is 0.889 bits per heavy atom. The molecule has 0 aliphatic carbocycles. The second kappa shape index (κ2) is 7.23. The third kappa shape index (κ3) is 3.43. The van der Waals surface area contributed by atoms with Crippen LogP contribution in [-0.2, 0) is 20.8 Å². The van der Waals surface area contributed by atoms with E-state index in [1.54, 1.807) is 17.0 Å². The van der Waals surface area contributed by atoms with E-state index < -0.39 is 0 Å². The Bertz CT molecular complexity index is 909. The van der Waals surface area contributed by atoms with Crippen molar-refractivity contribution in [2.45, 2.75) is 25.7 Å². The molecule has 1 N–H and O–H groups in total. The number of nitrogens with one attached hydrogen (secondary N) is 1. The molecule has 0 saturated heterocycles. The monoisotopic (exact) mass is 363 g/mol. The second-order valence-corrected chi connectivity index (χ2v) is 6.82. The number of fused-ring (bicyclic) bond motifs is 2. The van der Waals surface area contributed by atoms with Gasteiger partial charge in [-0.3, -0.25) is 14.4 Å². The van der Waals surface area contributed by atoms with E-state index in [9.17, 15) is 14.4 Å². The molecule has 2 aliphatic heterocycles. The number of hydrogen-bond acceptors (Lipinski definition) is 3. The molecule has 0 atom stereocenters. The quantitative estimate of drug-likeness (QED) is 0.912. The second-order valence-electron chi connectivity index (χ2n) is 6.82. The number of carbonyl (C=O) groups excluding carboxylic acids is 3. The van der Waals surface area contributed by atoms with Crippen molar-refractivity contribution in [3.8, 4) is 0 Å². The van der Waals surface area contributed by atoms with Gasteiger partial charge in [-0.25, -0.2) is 0 Å². The summed E-state index contributed by atoms with van der Waals surface area (Å²) in [4.78, 5) is 40.6. The van der Waals surface area contributed by atoms with Gasteiger partial charge in [-0.05, 0) is 36.6 Å². The number of rotatable bonds is 3. The fourth-order valence-corrected chi connectivity index (χ4v) is 3.73. The van der Waals surface area contributed by atoms with Crippen LogP contribution in [0, 0.1) is 0 Å². The van der Waals surface area contributed by atoms with Crippen molar-refractivity contribution >= 4 is 34.8 Å². The van der Waals surface area contributed by atoms with Crippen LogP contribution in [0.5, 0.6) is 0 Å². The van der Waals surface area contributed by atoms with Gasteiger partial charge in [0.25, 0.3) is 0 Å². The molecule has 2 heterocycles. The lowest BCUT2D eigenvalue weighted by molar-refractivity contribution is -0.124. The predicted octanol–water partition coefficient (Wildman–Crippen LogP) is 2.73. The Labute approximate surface area is 157 Å². The summed E-state index contributed by atoms with van der Waals surface area (Å²) in [6.07, 6.45) is 2.11. The highest BCUT2D eigenvalue weighted by Crippen LogP contribution is 2.30. The molecule has 4 rings (SSSR count). The number of benzene rings is 2. The van der Waals surface area contributed by atoms with Crippen LogP contribution in [0.15, 0.2) is 48.5 Å². The first-order valence-electron chi connectivity index (χ1n) is 9.21. The summed E-state index contributed by atoms with van der Waals surface area (Å²) in [5.41, 5.74) is 3.42. The highest BCUT2D eigenvalue weighted by molar-refractivity contribution is 6.10. The highest BCUT2D eigenvalue weighted by Gasteiger charge is 2.28. The van der Waals surface area contributed by atoms with Gasteiger partial charge >= 0.3 is 0 Å². The summed E-state index contributed by atoms with van der Waals surface area (Å²) in [6.45, 7) is 0.662. The summed E-state index contributed by atoms with van der Waals surface area (Å²) in [6, 6.07) is 15.1. The van der Waals surface area contributed by atoms with Crippen molar-refractivity contribution in [1.29, 1.82) is 0 Å². The first-order valence-corrected chi connectivity index (χ1v) is 9.21. The highest BCUT2D eigenvalue weighted by atomic mass is 16.2. The van der Waals surface area contributed by atoms with E-state index >= 15 is 0 Å². The smallest absolute Gasteiger partial charge is 0.244 e. The van der Waals surface area contributed by atoms with Gasteiger partial charge in [0.2, 0.25) is 17.7 Å². The third-order valence-corrected chi connectivity index (χ3v) is 5.04. The topological polar surface area (TPSA) is 69.7 Å². The van der Waals surface area contributed by atoms with E-state index in [1.807, 2.05) is 36.4 Å². The van der Waals surface area contributed by atoms with Crippen molar-refractivity contribution in [2.75, 3.05) is 28.2 Å². The number of para-hydroxylation sites is 3. The minimum absolute atomic E-state index is 0.0173. The maximum absolute atomic E-state index is 12.7. The lowest BCUT2D eigenvalue weighted by Crippen LogP contribution is -2.43. The Morgan fingerprint density at radius 3 is 2.37 bits per heavy atom. The summed E-state index contributed by atoms with van der Waals surface area (Å²) < 4.78 is 0. The van der Waals surface area contributed by atoms with Gasteiger partial charge in [-0.2, -0.15) is 0 Å². The third-order valence-electron chi connectivity index (χ3n) is 5.04. The normalized spacial score (nSPS) is 15.6. The number of hydrogen-bond donors (Lipinski definition) is 1. The van der Waals surface area contributed by atoms with Gasteiger partial charge < -0.3 is 15.1 Å². The van der Waals surface area contributed by atoms with Gasteiger partial charge in [-0.15, -0.1) is 0 Å². The van der Waals surface area contributed by atoms with Crippen LogP contribution in [0.4, 0.5) is 17.1 Å². The zero-order chi connectivity index (χ0) is 18.8. The molecule has 0 fully saturated rings. The van der Waals surface area contributed by atoms with Crippen LogP contribution in [0.1, 0.15) is 24.8 Å². The van der Waals surface area contributed by atoms with E-state index in [-0.39, 0.29) is 37.1 Å². The molecular weight excluding hydrogens is 342 g/mol. The van der Waals surface area contributed by atoms with E-state index in [0.717, 1.165) is 18.5 Å². The van der Waals surface area contributed by atoms with Crippen LogP contribution >= 0.6 is 0 Å². The largest absolute Gasteiger partial charge is 0.323 e. The fourth-order valence-electron chi connectivity index (χ4n) is 3.73. The molecule has 2 aromatic carbocycles. The minimum Gasteiger partial charge on any atom is -0.323 e. The number of amides is 3. The summed E-state index contributed by atoms with van der Waals surface area (Å²) in [5.74, 6) is -0.487. The fraction of sp³-hybridized carbons (Fsp3) is 0.286. The van der Waals surface area contributed by atoms with Crippen LogP contribution in [0.3, 0.4) is 0 Å². The molecule has 0 unspecified atom stereocenters. The van der Waals surface area contributed by atoms with E-state index in [1.165, 1.54) is 10.5 Å². The van der Waals surface area contributed by atoms with E-state index in [2.05, 4.69) is 5.32 Å². The van der Waals surface area contributed by atoms with Gasteiger partial charge in [-0.1, -0.05) is 30.3 Å². The summed E-state index contributed by atoms with van der Waals surface area (Å²) >= 11 is 0. The number of nitrogens with zero attached hydrogens (tertiary/aromatic N) is 2. The van der Waals surface area contributed by atoms with Crippen molar-refractivity contribution < 1.29 is 14.4 Å². The molecule has 0 saturated carbocycles. The number of anilines is 3. The molecule has 27 heavy (non-hydrogen) atoms. The van der Waals surface area contributed by atoms with Gasteiger partial charge in [0.05, 0.1) is 11.4 Å². The summed E-state index contributed by atoms with van der Waals surface area (Å²) in [5, 5.41) is 2.76. The Morgan fingerprint density at radius 2 is 1.56 bits per heavy atom. The van der Waals surface area contributed by atoms with E-state index in [0.29, 0.717) is 17.9 Å². The lowest BCUT2D eigenvalue weighted by atomic mass is 10.0. The molecule has 6 nitrogen and oxygen atoms in total. The average Bonchev–Trinajstić information content (AvgIpc) is 2.70. The Hall–Kier alpha value is -3.15. The van der Waals surface area contributed by atoms with Crippen LogP contribution < -0.4 is 15.1 Å². The standard InChI is InChI=1S/C21H21N3O3/c25-19-14-24(18-10-4-2-8-16(18)22-19)21(27)12-11-20(26)23-13-5-7-15-6-1-3-9-17(15)23/h1-4,6,8-10H,5,7,11-14H2,(H,22,25). The Kier molecular flexibility index (Phi) is 4.62. The van der Waals surface area contributed by atoms with Gasteiger partial charge in [0.15, 0.2) is 0 Å². The molecule has 0 radical (unpaired) electrons. The Balaban J connectivity index is 1.45. The molecule has 0 bridgehead atoms. The maximum Gasteiger partial charge on any atom is 0.244 e. The molecule has 6 heteroatoms. The molecule has 2 aliphatic rings. The lowest BCUT2D eigenvalue weighted by Gasteiger charge is -2.31.